The summed E-state index contributed by atoms with van der Waals surface area (Å²) in [6.45, 7) is 11.3. The van der Waals surface area contributed by atoms with E-state index in [1.165, 1.54) is 0 Å². The summed E-state index contributed by atoms with van der Waals surface area (Å²) in [5.41, 5.74) is 0.0524. The van der Waals surface area contributed by atoms with Crippen molar-refractivity contribution in [2.45, 2.75) is 46.1 Å². The highest BCUT2D eigenvalue weighted by Crippen LogP contribution is 2.34. The van der Waals surface area contributed by atoms with Crippen LogP contribution in [0.2, 0.25) is 0 Å². The molecule has 25 heavy (non-hydrogen) atoms. The SMILES string of the molecule is C=CC(C)(C)CN1Cc2cc(C(F)(F)F)cc3[nH]c(=O)n(c23)C[C@@H]1C. The molecule has 0 spiro atoms. The average Bonchev–Trinajstić information content (AvgIpc) is 2.73. The van der Waals surface area contributed by atoms with Gasteiger partial charge in [-0.1, -0.05) is 19.9 Å². The molecule has 1 atom stereocenters. The summed E-state index contributed by atoms with van der Waals surface area (Å²) in [6.07, 6.45) is -2.60. The van der Waals surface area contributed by atoms with Gasteiger partial charge in [0.25, 0.3) is 0 Å². The van der Waals surface area contributed by atoms with E-state index in [1.54, 1.807) is 4.57 Å². The Labute approximate surface area is 143 Å². The van der Waals surface area contributed by atoms with Crippen LogP contribution in [0.25, 0.3) is 11.0 Å². The fourth-order valence-corrected chi connectivity index (χ4v) is 3.41. The summed E-state index contributed by atoms with van der Waals surface area (Å²) in [5, 5.41) is 0. The molecule has 0 unspecified atom stereocenters. The van der Waals surface area contributed by atoms with Crippen molar-refractivity contribution in [2.24, 2.45) is 5.41 Å². The molecule has 1 N–H and O–H groups in total. The number of aromatic amines is 1. The second-order valence-electron chi connectivity index (χ2n) is 7.52. The Morgan fingerprint density at radius 2 is 2.04 bits per heavy atom. The Balaban J connectivity index is 2.14. The topological polar surface area (TPSA) is 41.0 Å². The first-order valence-corrected chi connectivity index (χ1v) is 8.22. The van der Waals surface area contributed by atoms with E-state index in [0.717, 1.165) is 12.1 Å². The van der Waals surface area contributed by atoms with Gasteiger partial charge in [-0.05, 0) is 30.0 Å². The summed E-state index contributed by atoms with van der Waals surface area (Å²) < 4.78 is 41.3. The van der Waals surface area contributed by atoms with Gasteiger partial charge in [0, 0.05) is 25.7 Å². The number of alkyl halides is 3. The maximum absolute atomic E-state index is 13.2. The maximum atomic E-state index is 13.2. The summed E-state index contributed by atoms with van der Waals surface area (Å²) >= 11 is 0. The van der Waals surface area contributed by atoms with Crippen molar-refractivity contribution in [3.8, 4) is 0 Å². The fourth-order valence-electron chi connectivity index (χ4n) is 3.41. The van der Waals surface area contributed by atoms with Crippen LogP contribution in [-0.2, 0) is 19.3 Å². The predicted molar refractivity (Wildman–Crippen MR) is 91.4 cm³/mol. The van der Waals surface area contributed by atoms with Crippen LogP contribution in [0.15, 0.2) is 29.6 Å². The Bertz CT molecular complexity index is 876. The highest BCUT2D eigenvalue weighted by atomic mass is 19.4. The second kappa shape index (κ2) is 5.76. The Morgan fingerprint density at radius 3 is 2.64 bits per heavy atom. The van der Waals surface area contributed by atoms with Crippen LogP contribution in [-0.4, -0.2) is 27.0 Å². The molecular weight excluding hydrogens is 331 g/mol. The normalized spacial score (nSPS) is 19.2. The number of rotatable bonds is 3. The van der Waals surface area contributed by atoms with Crippen LogP contribution in [0.5, 0.6) is 0 Å². The lowest BCUT2D eigenvalue weighted by molar-refractivity contribution is -0.137. The minimum absolute atomic E-state index is 0.0117. The molecule has 0 fully saturated rings. The summed E-state index contributed by atoms with van der Waals surface area (Å²) in [7, 11) is 0. The number of halogens is 3. The molecular formula is C18H22F3N3O. The van der Waals surface area contributed by atoms with Crippen molar-refractivity contribution in [2.75, 3.05) is 6.54 Å². The highest BCUT2D eigenvalue weighted by molar-refractivity contribution is 5.80. The van der Waals surface area contributed by atoms with Gasteiger partial charge in [-0.2, -0.15) is 13.2 Å². The molecule has 3 rings (SSSR count). The Morgan fingerprint density at radius 1 is 1.36 bits per heavy atom. The van der Waals surface area contributed by atoms with Crippen molar-refractivity contribution in [1.29, 1.82) is 0 Å². The lowest BCUT2D eigenvalue weighted by atomic mass is 9.92. The van der Waals surface area contributed by atoms with E-state index in [1.807, 2.05) is 26.8 Å². The number of nitrogens with zero attached hydrogens (tertiary/aromatic N) is 2. The average molecular weight is 353 g/mol. The molecule has 0 aliphatic carbocycles. The lowest BCUT2D eigenvalue weighted by Gasteiger charge is -2.33. The van der Waals surface area contributed by atoms with E-state index in [2.05, 4.69) is 16.5 Å². The van der Waals surface area contributed by atoms with Crippen molar-refractivity contribution in [3.63, 3.8) is 0 Å². The van der Waals surface area contributed by atoms with E-state index in [9.17, 15) is 18.0 Å². The minimum atomic E-state index is -4.45. The van der Waals surface area contributed by atoms with Crippen molar-refractivity contribution < 1.29 is 13.2 Å². The zero-order chi connectivity index (χ0) is 18.6. The first-order chi connectivity index (χ1) is 11.5. The molecule has 0 bridgehead atoms. The van der Waals surface area contributed by atoms with Gasteiger partial charge in [0.05, 0.1) is 16.6 Å². The number of hydrogen-bond acceptors (Lipinski definition) is 2. The van der Waals surface area contributed by atoms with Crippen molar-refractivity contribution in [1.82, 2.24) is 14.5 Å². The van der Waals surface area contributed by atoms with Gasteiger partial charge >= 0.3 is 11.9 Å². The van der Waals surface area contributed by atoms with E-state index in [4.69, 9.17) is 0 Å². The van der Waals surface area contributed by atoms with Gasteiger partial charge in [-0.15, -0.1) is 6.58 Å². The molecule has 0 amide bonds. The number of nitrogens with one attached hydrogen (secondary N) is 1. The summed E-state index contributed by atoms with van der Waals surface area (Å²) in [6, 6.07) is 2.20. The van der Waals surface area contributed by atoms with Crippen LogP contribution in [0, 0.1) is 5.41 Å². The number of hydrogen-bond donors (Lipinski definition) is 1. The predicted octanol–water partition coefficient (Wildman–Crippen LogP) is 3.76. The number of H-pyrrole nitrogens is 1. The minimum Gasteiger partial charge on any atom is -0.306 e. The number of imidazole rings is 1. The molecule has 2 heterocycles. The molecule has 7 heteroatoms. The smallest absolute Gasteiger partial charge is 0.306 e. The van der Waals surface area contributed by atoms with Gasteiger partial charge in [0.15, 0.2) is 0 Å². The summed E-state index contributed by atoms with van der Waals surface area (Å²) in [5.74, 6) is 0. The zero-order valence-corrected chi connectivity index (χ0v) is 14.6. The molecule has 0 saturated carbocycles. The molecule has 1 aliphatic rings. The maximum Gasteiger partial charge on any atom is 0.416 e. The number of aromatic nitrogens is 2. The third-order valence-corrected chi connectivity index (χ3v) is 4.88. The molecule has 1 aliphatic heterocycles. The first-order valence-electron chi connectivity index (χ1n) is 8.22. The van der Waals surface area contributed by atoms with Crippen molar-refractivity contribution in [3.05, 3.63) is 46.4 Å². The van der Waals surface area contributed by atoms with Crippen LogP contribution in [0.1, 0.15) is 31.9 Å². The Kier molecular flexibility index (Phi) is 4.10. The molecule has 136 valence electrons. The fraction of sp³-hybridized carbons (Fsp3) is 0.500. The molecule has 0 radical (unpaired) electrons. The van der Waals surface area contributed by atoms with Crippen LogP contribution >= 0.6 is 0 Å². The van der Waals surface area contributed by atoms with E-state index < -0.39 is 11.7 Å². The van der Waals surface area contributed by atoms with Gasteiger partial charge in [-0.25, -0.2) is 4.79 Å². The van der Waals surface area contributed by atoms with Gasteiger partial charge in [-0.3, -0.25) is 9.47 Å². The third-order valence-electron chi connectivity index (χ3n) is 4.88. The van der Waals surface area contributed by atoms with E-state index >= 15 is 0 Å². The highest BCUT2D eigenvalue weighted by Gasteiger charge is 2.34. The van der Waals surface area contributed by atoms with Crippen LogP contribution in [0.4, 0.5) is 13.2 Å². The molecule has 1 aromatic heterocycles. The first kappa shape index (κ1) is 17.8. The van der Waals surface area contributed by atoms with E-state index in [-0.39, 0.29) is 22.7 Å². The molecule has 1 aromatic carbocycles. The quantitative estimate of drug-likeness (QED) is 0.854. The van der Waals surface area contributed by atoms with Crippen molar-refractivity contribution >= 4 is 11.0 Å². The Hall–Kier alpha value is -2.02. The third kappa shape index (κ3) is 3.25. The monoisotopic (exact) mass is 353 g/mol. The van der Waals surface area contributed by atoms with Gasteiger partial charge < -0.3 is 4.98 Å². The number of benzene rings is 1. The lowest BCUT2D eigenvalue weighted by Crippen LogP contribution is -2.41. The zero-order valence-electron chi connectivity index (χ0n) is 14.6. The van der Waals surface area contributed by atoms with Gasteiger partial charge in [0.2, 0.25) is 0 Å². The summed E-state index contributed by atoms with van der Waals surface area (Å²) in [4.78, 5) is 16.9. The molecule has 0 saturated heterocycles. The largest absolute Gasteiger partial charge is 0.416 e. The van der Waals surface area contributed by atoms with Crippen LogP contribution < -0.4 is 5.69 Å². The molecule has 2 aromatic rings. The standard InChI is InChI=1S/C18H22F3N3O/c1-5-17(3,4)10-23-9-12-6-13(18(19,20)21)7-14-15(12)24(8-11(23)2)16(25)22-14/h5-7,11H,1,8-10H2,2-4H3,(H,22,25)/t11-/m0/s1. The molecule has 4 nitrogen and oxygen atoms in total. The second-order valence-corrected chi connectivity index (χ2v) is 7.52. The van der Waals surface area contributed by atoms with E-state index in [0.29, 0.717) is 30.7 Å². The van der Waals surface area contributed by atoms with Crippen LogP contribution in [0.3, 0.4) is 0 Å². The van der Waals surface area contributed by atoms with Gasteiger partial charge in [0.1, 0.15) is 0 Å².